The number of nitrogens with one attached hydrogen (secondary N) is 1. The fraction of sp³-hybridized carbons (Fsp3) is 0.875. The van der Waals surface area contributed by atoms with E-state index >= 15 is 0 Å². The maximum Gasteiger partial charge on any atom is 0.220 e. The van der Waals surface area contributed by atoms with Gasteiger partial charge in [-0.2, -0.15) is 0 Å². The lowest BCUT2D eigenvalue weighted by molar-refractivity contribution is -0.121. The van der Waals surface area contributed by atoms with Gasteiger partial charge in [0.05, 0.1) is 0 Å². The van der Waals surface area contributed by atoms with Gasteiger partial charge >= 0.3 is 0 Å². The highest BCUT2D eigenvalue weighted by Crippen LogP contribution is 1.91. The Bertz CT molecular complexity index is 123. The highest BCUT2D eigenvalue weighted by molar-refractivity contribution is 5.76. The summed E-state index contributed by atoms with van der Waals surface area (Å²) < 4.78 is 0. The number of carbonyl (C=O) groups is 1. The molecule has 0 heterocycles. The van der Waals surface area contributed by atoms with Crippen molar-refractivity contribution in [2.75, 3.05) is 0 Å². The maximum absolute atomic E-state index is 11.0. The highest BCUT2D eigenvalue weighted by atomic mass is 16.1. The van der Waals surface area contributed by atoms with Crippen LogP contribution in [0.3, 0.4) is 0 Å². The van der Waals surface area contributed by atoms with E-state index in [0.717, 1.165) is 6.42 Å². The molecule has 3 N–H and O–H groups in total. The van der Waals surface area contributed by atoms with Crippen molar-refractivity contribution in [2.45, 2.75) is 45.7 Å². The molecule has 0 aromatic carbocycles. The number of hydrogen-bond acceptors (Lipinski definition) is 2. The Labute approximate surface area is 68.3 Å². The van der Waals surface area contributed by atoms with Gasteiger partial charge in [-0.05, 0) is 20.3 Å². The molecule has 66 valence electrons. The first-order valence-electron chi connectivity index (χ1n) is 4.12. The Morgan fingerprint density at radius 2 is 2.09 bits per heavy atom. The van der Waals surface area contributed by atoms with Crippen molar-refractivity contribution >= 4 is 5.91 Å². The first-order chi connectivity index (χ1) is 5.07. The Hall–Kier alpha value is -0.570. The molecule has 0 aromatic heterocycles. The molecule has 0 rings (SSSR count). The van der Waals surface area contributed by atoms with Crippen molar-refractivity contribution < 1.29 is 4.79 Å². The molecule has 0 aliphatic carbocycles. The smallest absolute Gasteiger partial charge is 0.220 e. The van der Waals surface area contributed by atoms with Crippen LogP contribution >= 0.6 is 0 Å². The molecule has 11 heavy (non-hydrogen) atoms. The van der Waals surface area contributed by atoms with E-state index in [0.29, 0.717) is 6.42 Å². The Balaban J connectivity index is 3.57. The highest BCUT2D eigenvalue weighted by Gasteiger charge is 2.09. The zero-order valence-electron chi connectivity index (χ0n) is 7.55. The van der Waals surface area contributed by atoms with E-state index in [1.54, 1.807) is 0 Å². The van der Waals surface area contributed by atoms with Crippen LogP contribution in [0.1, 0.15) is 33.6 Å². The predicted octanol–water partition coefficient (Wildman–Crippen LogP) is 0.638. The van der Waals surface area contributed by atoms with Gasteiger partial charge in [0.2, 0.25) is 5.91 Å². The third-order valence-corrected chi connectivity index (χ3v) is 1.65. The summed E-state index contributed by atoms with van der Waals surface area (Å²) in [6.07, 6.45) is 1.48. The molecule has 3 nitrogen and oxygen atoms in total. The zero-order valence-corrected chi connectivity index (χ0v) is 7.55. The minimum absolute atomic E-state index is 0.0239. The van der Waals surface area contributed by atoms with E-state index in [2.05, 4.69) is 5.32 Å². The lowest BCUT2D eigenvalue weighted by Crippen LogP contribution is -2.43. The summed E-state index contributed by atoms with van der Waals surface area (Å²) in [7, 11) is 0. The molecule has 3 heteroatoms. The van der Waals surface area contributed by atoms with Crippen molar-refractivity contribution in [3.8, 4) is 0 Å². The number of carbonyl (C=O) groups excluding carboxylic acids is 1. The summed E-state index contributed by atoms with van der Waals surface area (Å²) >= 11 is 0. The molecule has 0 bridgehead atoms. The molecule has 2 unspecified atom stereocenters. The molecule has 2 atom stereocenters. The standard InChI is InChI=1S/C8H18N2O/c1-4-5-8(11)10-7(3)6(2)9/h6-7H,4-5,9H2,1-3H3,(H,10,11). The minimum Gasteiger partial charge on any atom is -0.352 e. The van der Waals surface area contributed by atoms with Gasteiger partial charge in [-0.1, -0.05) is 6.92 Å². The second-order valence-corrected chi connectivity index (χ2v) is 2.97. The molecule has 0 spiro atoms. The predicted molar refractivity (Wildman–Crippen MR) is 46.2 cm³/mol. The Kier molecular flexibility index (Phi) is 4.86. The van der Waals surface area contributed by atoms with Crippen LogP contribution in [0.5, 0.6) is 0 Å². The van der Waals surface area contributed by atoms with E-state index < -0.39 is 0 Å². The Morgan fingerprint density at radius 3 is 2.45 bits per heavy atom. The second-order valence-electron chi connectivity index (χ2n) is 2.97. The van der Waals surface area contributed by atoms with Crippen molar-refractivity contribution in [3.63, 3.8) is 0 Å². The summed E-state index contributed by atoms with van der Waals surface area (Å²) in [5, 5.41) is 2.82. The van der Waals surface area contributed by atoms with Gasteiger partial charge in [0, 0.05) is 18.5 Å². The average molecular weight is 158 g/mol. The van der Waals surface area contributed by atoms with Crippen LogP contribution in [-0.2, 0) is 4.79 Å². The summed E-state index contributed by atoms with van der Waals surface area (Å²) in [6, 6.07) is 0.102. The van der Waals surface area contributed by atoms with Crippen LogP contribution < -0.4 is 11.1 Å². The van der Waals surface area contributed by atoms with Gasteiger partial charge in [0.15, 0.2) is 0 Å². The molecule has 0 aliphatic heterocycles. The van der Waals surface area contributed by atoms with E-state index in [9.17, 15) is 4.79 Å². The van der Waals surface area contributed by atoms with Gasteiger partial charge in [0.1, 0.15) is 0 Å². The van der Waals surface area contributed by atoms with Crippen molar-refractivity contribution in [2.24, 2.45) is 5.73 Å². The van der Waals surface area contributed by atoms with Crippen LogP contribution in [0.2, 0.25) is 0 Å². The number of hydrogen-bond donors (Lipinski definition) is 2. The SMILES string of the molecule is CCCC(=O)NC(C)C(C)N. The lowest BCUT2D eigenvalue weighted by Gasteiger charge is -2.16. The number of nitrogens with two attached hydrogens (primary N) is 1. The molecular formula is C8H18N2O. The first-order valence-corrected chi connectivity index (χ1v) is 4.12. The van der Waals surface area contributed by atoms with Gasteiger partial charge < -0.3 is 11.1 Å². The topological polar surface area (TPSA) is 55.1 Å². The fourth-order valence-electron chi connectivity index (χ4n) is 0.685. The molecule has 0 saturated carbocycles. The first kappa shape index (κ1) is 10.4. The quantitative estimate of drug-likeness (QED) is 0.630. The van der Waals surface area contributed by atoms with Gasteiger partial charge in [0.25, 0.3) is 0 Å². The molecule has 0 radical (unpaired) electrons. The summed E-state index contributed by atoms with van der Waals surface area (Å²) in [6.45, 7) is 5.78. The third kappa shape index (κ3) is 4.79. The van der Waals surface area contributed by atoms with Crippen molar-refractivity contribution in [3.05, 3.63) is 0 Å². The van der Waals surface area contributed by atoms with Gasteiger partial charge in [-0.15, -0.1) is 0 Å². The summed E-state index contributed by atoms with van der Waals surface area (Å²) in [4.78, 5) is 11.0. The van der Waals surface area contributed by atoms with Crippen LogP contribution in [0.25, 0.3) is 0 Å². The normalized spacial score (nSPS) is 15.6. The Morgan fingerprint density at radius 1 is 1.55 bits per heavy atom. The van der Waals surface area contributed by atoms with Crippen LogP contribution in [0, 0.1) is 0 Å². The van der Waals surface area contributed by atoms with E-state index in [1.807, 2.05) is 20.8 Å². The van der Waals surface area contributed by atoms with E-state index in [4.69, 9.17) is 5.73 Å². The van der Waals surface area contributed by atoms with Crippen molar-refractivity contribution in [1.82, 2.24) is 5.32 Å². The largest absolute Gasteiger partial charge is 0.352 e. The molecule has 1 amide bonds. The van der Waals surface area contributed by atoms with Gasteiger partial charge in [-0.3, -0.25) is 4.79 Å². The third-order valence-electron chi connectivity index (χ3n) is 1.65. The summed E-state index contributed by atoms with van der Waals surface area (Å²) in [5.41, 5.74) is 5.57. The minimum atomic E-state index is 0.0239. The zero-order chi connectivity index (χ0) is 8.85. The molecular weight excluding hydrogens is 140 g/mol. The summed E-state index contributed by atoms with van der Waals surface area (Å²) in [5.74, 6) is 0.0947. The monoisotopic (exact) mass is 158 g/mol. The molecule has 0 aromatic rings. The second kappa shape index (κ2) is 5.13. The van der Waals surface area contributed by atoms with E-state index in [-0.39, 0.29) is 18.0 Å². The fourth-order valence-corrected chi connectivity index (χ4v) is 0.685. The molecule has 0 saturated heterocycles. The van der Waals surface area contributed by atoms with Gasteiger partial charge in [-0.25, -0.2) is 0 Å². The number of amides is 1. The maximum atomic E-state index is 11.0. The average Bonchev–Trinajstić information content (AvgIpc) is 1.87. The van der Waals surface area contributed by atoms with Crippen LogP contribution in [0.15, 0.2) is 0 Å². The molecule has 0 fully saturated rings. The molecule has 0 aliphatic rings. The lowest BCUT2D eigenvalue weighted by atomic mass is 10.2. The van der Waals surface area contributed by atoms with Crippen molar-refractivity contribution in [1.29, 1.82) is 0 Å². The number of rotatable bonds is 4. The van der Waals surface area contributed by atoms with Crippen LogP contribution in [-0.4, -0.2) is 18.0 Å². The van der Waals surface area contributed by atoms with E-state index in [1.165, 1.54) is 0 Å². The van der Waals surface area contributed by atoms with Crippen LogP contribution in [0.4, 0.5) is 0 Å².